The third kappa shape index (κ3) is 5.89. The van der Waals surface area contributed by atoms with Gasteiger partial charge in [-0.2, -0.15) is 0 Å². The van der Waals surface area contributed by atoms with E-state index in [1.807, 2.05) is 0 Å². The normalized spacial score (nSPS) is 11.3. The molecule has 0 aliphatic heterocycles. The van der Waals surface area contributed by atoms with Gasteiger partial charge in [-0.1, -0.05) is 18.2 Å². The minimum atomic E-state index is 0.188. The van der Waals surface area contributed by atoms with Gasteiger partial charge in [0.05, 0.1) is 0 Å². The van der Waals surface area contributed by atoms with Crippen molar-refractivity contribution in [2.75, 3.05) is 0 Å². The fourth-order valence-corrected chi connectivity index (χ4v) is 10.3. The van der Waals surface area contributed by atoms with Crippen LogP contribution in [0.3, 0.4) is 0 Å². The van der Waals surface area contributed by atoms with Gasteiger partial charge in [0.25, 0.3) is 0 Å². The molecule has 0 atom stereocenters. The molecule has 0 N–H and O–H groups in total. The number of nitrogens with zero attached hydrogens (tertiary/aromatic N) is 3. The third-order valence-electron chi connectivity index (χ3n) is 10.4. The molecule has 0 aliphatic rings. The summed E-state index contributed by atoms with van der Waals surface area (Å²) >= 11 is 0.188. The van der Waals surface area contributed by atoms with Crippen LogP contribution in [0.2, 0.25) is 0 Å². The van der Waals surface area contributed by atoms with Crippen LogP contribution in [0.15, 0.2) is 200 Å². The van der Waals surface area contributed by atoms with Crippen molar-refractivity contribution >= 4 is 33.8 Å². The third-order valence-corrected chi connectivity index (χ3v) is 12.8. The maximum atomic E-state index is 4.95. The standard InChI is InChI=1S/C51H33N3Se/c1-4-18-34(19-5-1)37-24-10-12-26-39(37)41-32-33-46-49(44-30-16-17-31-45(44)55-46)48(41)40-27-13-15-29-43(40)51-47(36-22-8-3-9-23-36)50(52-54-53-51)42-28-14-11-25-38(42)35-20-6-2-7-21-35/h1-33H. The molecule has 0 unspecified atom stereocenters. The summed E-state index contributed by atoms with van der Waals surface area (Å²) in [5.41, 5.74) is 14.9. The average molecular weight is 767 g/mol. The van der Waals surface area contributed by atoms with E-state index in [1.54, 1.807) is 0 Å². The monoisotopic (exact) mass is 767 g/mol. The molecule has 0 fully saturated rings. The number of rotatable bonds is 7. The van der Waals surface area contributed by atoms with Crippen molar-refractivity contribution in [3.05, 3.63) is 200 Å². The summed E-state index contributed by atoms with van der Waals surface area (Å²) in [5.74, 6) is 0. The van der Waals surface area contributed by atoms with Crippen molar-refractivity contribution in [2.24, 2.45) is 0 Å². The molecular formula is C51H33N3Se. The molecular weight excluding hydrogens is 734 g/mol. The molecule has 2 aromatic heterocycles. The van der Waals surface area contributed by atoms with Crippen LogP contribution < -0.4 is 0 Å². The molecule has 8 aromatic carbocycles. The molecule has 3 nitrogen and oxygen atoms in total. The Morgan fingerprint density at radius 1 is 0.291 bits per heavy atom. The summed E-state index contributed by atoms with van der Waals surface area (Å²) in [4.78, 5) is 0. The van der Waals surface area contributed by atoms with Crippen LogP contribution in [-0.2, 0) is 0 Å². The predicted molar refractivity (Wildman–Crippen MR) is 230 cm³/mol. The van der Waals surface area contributed by atoms with E-state index in [0.717, 1.165) is 50.3 Å². The first-order valence-electron chi connectivity index (χ1n) is 18.5. The molecule has 55 heavy (non-hydrogen) atoms. The maximum absolute atomic E-state index is 4.95. The quantitative estimate of drug-likeness (QED) is 0.152. The molecule has 258 valence electrons. The molecule has 10 rings (SSSR count). The van der Waals surface area contributed by atoms with E-state index in [0.29, 0.717) is 0 Å². The fourth-order valence-electron chi connectivity index (χ4n) is 7.95. The Hall–Kier alpha value is -6.71. The summed E-state index contributed by atoms with van der Waals surface area (Å²) in [5, 5.41) is 16.9. The summed E-state index contributed by atoms with van der Waals surface area (Å²) in [7, 11) is 0. The molecule has 0 saturated carbocycles. The summed E-state index contributed by atoms with van der Waals surface area (Å²) in [6, 6.07) is 71.4. The Kier molecular flexibility index (Phi) is 8.53. The molecule has 0 saturated heterocycles. The Morgan fingerprint density at radius 3 is 1.36 bits per heavy atom. The minimum absolute atomic E-state index is 0.188. The Morgan fingerprint density at radius 2 is 0.745 bits per heavy atom. The average Bonchev–Trinajstić information content (AvgIpc) is 3.66. The summed E-state index contributed by atoms with van der Waals surface area (Å²) < 4.78 is 2.80. The Bertz CT molecular complexity index is 2970. The molecule has 0 aliphatic carbocycles. The molecule has 0 spiro atoms. The zero-order chi connectivity index (χ0) is 36.6. The molecule has 10 aromatic rings. The molecule has 2 heterocycles. The van der Waals surface area contributed by atoms with Gasteiger partial charge in [0.2, 0.25) is 0 Å². The van der Waals surface area contributed by atoms with Gasteiger partial charge >= 0.3 is 309 Å². The SMILES string of the molecule is c1ccc(-c2ccccc2-c2ccc3[se]c4ccccc4c3c2-c2ccccc2-c2nnnc(-c3ccccc3-c3ccccc3)c2-c2ccccc2)cc1. The van der Waals surface area contributed by atoms with Gasteiger partial charge in [-0.3, -0.25) is 0 Å². The van der Waals surface area contributed by atoms with Crippen LogP contribution in [0.1, 0.15) is 0 Å². The second kappa shape index (κ2) is 14.3. The van der Waals surface area contributed by atoms with E-state index in [9.17, 15) is 0 Å². The number of benzene rings is 8. The van der Waals surface area contributed by atoms with E-state index >= 15 is 0 Å². The molecule has 4 heteroatoms. The van der Waals surface area contributed by atoms with E-state index in [2.05, 4.69) is 205 Å². The van der Waals surface area contributed by atoms with Crippen molar-refractivity contribution in [3.8, 4) is 78.1 Å². The van der Waals surface area contributed by atoms with Gasteiger partial charge in [0.15, 0.2) is 0 Å². The van der Waals surface area contributed by atoms with Crippen molar-refractivity contribution in [3.63, 3.8) is 0 Å². The summed E-state index contributed by atoms with van der Waals surface area (Å²) in [6.07, 6.45) is 0. The van der Waals surface area contributed by atoms with Gasteiger partial charge < -0.3 is 0 Å². The molecule has 0 amide bonds. The van der Waals surface area contributed by atoms with Crippen LogP contribution in [0.4, 0.5) is 0 Å². The number of fused-ring (bicyclic) bond motifs is 3. The first kappa shape index (κ1) is 32.9. The van der Waals surface area contributed by atoms with Gasteiger partial charge in [-0.15, -0.1) is 0 Å². The zero-order valence-electron chi connectivity index (χ0n) is 29.8. The Labute approximate surface area is 326 Å². The molecule has 0 bridgehead atoms. The van der Waals surface area contributed by atoms with Gasteiger partial charge in [-0.25, -0.2) is 0 Å². The van der Waals surface area contributed by atoms with Gasteiger partial charge in [-0.05, 0) is 0 Å². The van der Waals surface area contributed by atoms with Crippen molar-refractivity contribution in [1.29, 1.82) is 0 Å². The predicted octanol–water partition coefficient (Wildman–Crippen LogP) is 12.9. The van der Waals surface area contributed by atoms with E-state index in [4.69, 9.17) is 10.2 Å². The van der Waals surface area contributed by atoms with Crippen LogP contribution in [0.5, 0.6) is 0 Å². The second-order valence-electron chi connectivity index (χ2n) is 13.6. The van der Waals surface area contributed by atoms with Crippen molar-refractivity contribution in [1.82, 2.24) is 15.4 Å². The van der Waals surface area contributed by atoms with Crippen LogP contribution >= 0.6 is 0 Å². The van der Waals surface area contributed by atoms with Crippen molar-refractivity contribution in [2.45, 2.75) is 0 Å². The van der Waals surface area contributed by atoms with Gasteiger partial charge in [0.1, 0.15) is 0 Å². The number of aromatic nitrogens is 3. The van der Waals surface area contributed by atoms with E-state index < -0.39 is 0 Å². The van der Waals surface area contributed by atoms with Crippen LogP contribution in [0.25, 0.3) is 97.4 Å². The van der Waals surface area contributed by atoms with E-state index in [1.165, 1.54) is 47.1 Å². The fraction of sp³-hybridized carbons (Fsp3) is 0. The first-order chi connectivity index (χ1) is 27.3. The van der Waals surface area contributed by atoms with Crippen LogP contribution in [0, 0.1) is 0 Å². The molecule has 0 radical (unpaired) electrons. The topological polar surface area (TPSA) is 38.7 Å². The van der Waals surface area contributed by atoms with Crippen LogP contribution in [-0.4, -0.2) is 29.9 Å². The number of hydrogen-bond acceptors (Lipinski definition) is 3. The Balaban J connectivity index is 1.30. The number of hydrogen-bond donors (Lipinski definition) is 0. The first-order valence-corrected chi connectivity index (χ1v) is 20.2. The van der Waals surface area contributed by atoms with E-state index in [-0.39, 0.29) is 14.5 Å². The van der Waals surface area contributed by atoms with Gasteiger partial charge in [0, 0.05) is 0 Å². The van der Waals surface area contributed by atoms with Crippen molar-refractivity contribution < 1.29 is 0 Å². The second-order valence-corrected chi connectivity index (χ2v) is 15.8. The zero-order valence-corrected chi connectivity index (χ0v) is 31.5. The summed E-state index contributed by atoms with van der Waals surface area (Å²) in [6.45, 7) is 0.